The maximum atomic E-state index is 8.88. The van der Waals surface area contributed by atoms with Crippen LogP contribution < -0.4 is 9.47 Å². The highest BCUT2D eigenvalue weighted by Gasteiger charge is 2.12. The molecule has 5 nitrogen and oxygen atoms in total. The second-order valence-electron chi connectivity index (χ2n) is 3.76. The van der Waals surface area contributed by atoms with E-state index in [-0.39, 0.29) is 6.61 Å². The van der Waals surface area contributed by atoms with Crippen LogP contribution in [0.4, 0.5) is 0 Å². The molecule has 1 aromatic heterocycles. The Morgan fingerprint density at radius 3 is 2.78 bits per heavy atom. The molecule has 0 aliphatic carbocycles. The summed E-state index contributed by atoms with van der Waals surface area (Å²) in [6.07, 6.45) is 3.61. The maximum absolute atomic E-state index is 8.88. The number of benzene rings is 1. The molecule has 18 heavy (non-hydrogen) atoms. The molecule has 1 aromatic carbocycles. The molecule has 5 heteroatoms. The van der Waals surface area contributed by atoms with Crippen molar-refractivity contribution in [3.05, 3.63) is 30.6 Å². The molecule has 0 aliphatic heterocycles. The maximum Gasteiger partial charge on any atom is 0.168 e. The number of hydrogen-bond acceptors (Lipinski definition) is 4. The summed E-state index contributed by atoms with van der Waals surface area (Å²) in [6, 6.07) is 5.70. The number of rotatable bonds is 5. The molecule has 2 rings (SSSR count). The lowest BCUT2D eigenvalue weighted by Crippen LogP contribution is -2.01. The number of aliphatic hydroxyl groups excluding tert-OH is 1. The summed E-state index contributed by atoms with van der Waals surface area (Å²) in [5.74, 6) is 1.37. The molecule has 0 radical (unpaired) electrons. The zero-order valence-corrected chi connectivity index (χ0v) is 10.5. The van der Waals surface area contributed by atoms with Crippen LogP contribution in [0.3, 0.4) is 0 Å². The smallest absolute Gasteiger partial charge is 0.168 e. The summed E-state index contributed by atoms with van der Waals surface area (Å²) in [7, 11) is 3.22. The molecule has 0 aliphatic rings. The minimum absolute atomic E-state index is 0.0658. The van der Waals surface area contributed by atoms with Crippen molar-refractivity contribution in [1.82, 2.24) is 9.78 Å². The highest BCUT2D eigenvalue weighted by atomic mass is 16.5. The van der Waals surface area contributed by atoms with Gasteiger partial charge in [-0.3, -0.25) is 4.68 Å². The molecular weight excluding hydrogens is 232 g/mol. The van der Waals surface area contributed by atoms with Gasteiger partial charge in [0.15, 0.2) is 11.5 Å². The molecule has 1 heterocycles. The first kappa shape index (κ1) is 12.4. The van der Waals surface area contributed by atoms with Crippen molar-refractivity contribution in [3.8, 4) is 22.6 Å². The summed E-state index contributed by atoms with van der Waals surface area (Å²) in [6.45, 7) is 0.544. The highest BCUT2D eigenvalue weighted by Crippen LogP contribution is 2.37. The van der Waals surface area contributed by atoms with Crippen LogP contribution in [-0.2, 0) is 6.54 Å². The van der Waals surface area contributed by atoms with Crippen LogP contribution in [0.15, 0.2) is 30.6 Å². The topological polar surface area (TPSA) is 56.5 Å². The van der Waals surface area contributed by atoms with E-state index in [0.717, 1.165) is 11.1 Å². The molecule has 0 atom stereocenters. The van der Waals surface area contributed by atoms with E-state index in [0.29, 0.717) is 18.0 Å². The first-order chi connectivity index (χ1) is 8.80. The zero-order valence-electron chi connectivity index (χ0n) is 10.5. The van der Waals surface area contributed by atoms with E-state index < -0.39 is 0 Å². The van der Waals surface area contributed by atoms with Gasteiger partial charge in [0.05, 0.1) is 33.6 Å². The Morgan fingerprint density at radius 2 is 2.11 bits per heavy atom. The average Bonchev–Trinajstić information content (AvgIpc) is 2.86. The lowest BCUT2D eigenvalue weighted by molar-refractivity contribution is 0.269. The van der Waals surface area contributed by atoms with Gasteiger partial charge in [0.1, 0.15) is 0 Å². The monoisotopic (exact) mass is 248 g/mol. The quantitative estimate of drug-likeness (QED) is 0.872. The minimum atomic E-state index is 0.0658. The van der Waals surface area contributed by atoms with Gasteiger partial charge in [0, 0.05) is 17.3 Å². The molecule has 0 amide bonds. The lowest BCUT2D eigenvalue weighted by Gasteiger charge is -2.11. The fourth-order valence-electron chi connectivity index (χ4n) is 1.84. The zero-order chi connectivity index (χ0) is 13.0. The van der Waals surface area contributed by atoms with E-state index in [1.54, 1.807) is 25.1 Å². The van der Waals surface area contributed by atoms with Crippen LogP contribution in [0.2, 0.25) is 0 Å². The third-order valence-electron chi connectivity index (χ3n) is 2.68. The van der Waals surface area contributed by atoms with E-state index in [1.807, 2.05) is 24.4 Å². The molecule has 2 aromatic rings. The number of ether oxygens (including phenoxy) is 2. The van der Waals surface area contributed by atoms with Gasteiger partial charge < -0.3 is 14.6 Å². The van der Waals surface area contributed by atoms with Gasteiger partial charge in [-0.05, 0) is 6.07 Å². The van der Waals surface area contributed by atoms with Gasteiger partial charge in [0.2, 0.25) is 0 Å². The molecule has 1 N–H and O–H groups in total. The Labute approximate surface area is 106 Å². The van der Waals surface area contributed by atoms with Crippen molar-refractivity contribution in [2.75, 3.05) is 20.8 Å². The molecule has 96 valence electrons. The molecule has 0 saturated heterocycles. The summed E-state index contributed by atoms with van der Waals surface area (Å²) >= 11 is 0. The van der Waals surface area contributed by atoms with Crippen LogP contribution in [0.5, 0.6) is 11.5 Å². The Morgan fingerprint density at radius 1 is 1.28 bits per heavy atom. The number of hydrogen-bond donors (Lipinski definition) is 1. The normalized spacial score (nSPS) is 10.4. The summed E-state index contributed by atoms with van der Waals surface area (Å²) in [5.41, 5.74) is 1.85. The SMILES string of the molecule is COc1cccc(-c2cnn(CCO)c2)c1OC. The van der Waals surface area contributed by atoms with Gasteiger partial charge in [-0.2, -0.15) is 5.10 Å². The van der Waals surface area contributed by atoms with Gasteiger partial charge in [-0.25, -0.2) is 0 Å². The van der Waals surface area contributed by atoms with Gasteiger partial charge in [-0.15, -0.1) is 0 Å². The number of nitrogens with zero attached hydrogens (tertiary/aromatic N) is 2. The van der Waals surface area contributed by atoms with Crippen LogP contribution >= 0.6 is 0 Å². The molecule has 0 saturated carbocycles. The standard InChI is InChI=1S/C13H16N2O3/c1-17-12-5-3-4-11(13(12)18-2)10-8-14-15(9-10)6-7-16/h3-5,8-9,16H,6-7H2,1-2H3. The van der Waals surface area contributed by atoms with Crippen molar-refractivity contribution in [1.29, 1.82) is 0 Å². The lowest BCUT2D eigenvalue weighted by atomic mass is 10.1. The first-order valence-electron chi connectivity index (χ1n) is 5.64. The summed E-state index contributed by atoms with van der Waals surface area (Å²) < 4.78 is 12.3. The van der Waals surface area contributed by atoms with E-state index in [9.17, 15) is 0 Å². The van der Waals surface area contributed by atoms with Gasteiger partial charge in [0.25, 0.3) is 0 Å². The average molecular weight is 248 g/mol. The van der Waals surface area contributed by atoms with Gasteiger partial charge in [-0.1, -0.05) is 12.1 Å². The van der Waals surface area contributed by atoms with E-state index in [1.165, 1.54) is 0 Å². The second kappa shape index (κ2) is 5.55. The fraction of sp³-hybridized carbons (Fsp3) is 0.308. The molecular formula is C13H16N2O3. The van der Waals surface area contributed by atoms with Crippen molar-refractivity contribution < 1.29 is 14.6 Å². The van der Waals surface area contributed by atoms with Crippen LogP contribution in [0, 0.1) is 0 Å². The molecule has 0 fully saturated rings. The minimum Gasteiger partial charge on any atom is -0.493 e. The van der Waals surface area contributed by atoms with Gasteiger partial charge >= 0.3 is 0 Å². The third-order valence-corrected chi connectivity index (χ3v) is 2.68. The van der Waals surface area contributed by atoms with Crippen molar-refractivity contribution in [3.63, 3.8) is 0 Å². The summed E-state index contributed by atoms with van der Waals surface area (Å²) in [5, 5.41) is 13.1. The summed E-state index contributed by atoms with van der Waals surface area (Å²) in [4.78, 5) is 0. The van der Waals surface area contributed by atoms with Crippen molar-refractivity contribution in [2.45, 2.75) is 6.54 Å². The molecule has 0 spiro atoms. The van der Waals surface area contributed by atoms with Crippen LogP contribution in [-0.4, -0.2) is 35.7 Å². The molecule has 0 unspecified atom stereocenters. The van der Waals surface area contributed by atoms with E-state index in [4.69, 9.17) is 14.6 Å². The number of methoxy groups -OCH3 is 2. The third kappa shape index (κ3) is 2.31. The van der Waals surface area contributed by atoms with E-state index >= 15 is 0 Å². The molecule has 0 bridgehead atoms. The fourth-order valence-corrected chi connectivity index (χ4v) is 1.84. The van der Waals surface area contributed by atoms with Crippen molar-refractivity contribution >= 4 is 0 Å². The Balaban J connectivity index is 2.42. The Bertz CT molecular complexity index is 523. The highest BCUT2D eigenvalue weighted by molar-refractivity contribution is 5.72. The number of aromatic nitrogens is 2. The van der Waals surface area contributed by atoms with E-state index in [2.05, 4.69) is 5.10 Å². The van der Waals surface area contributed by atoms with Crippen LogP contribution in [0.25, 0.3) is 11.1 Å². The number of para-hydroxylation sites is 1. The first-order valence-corrected chi connectivity index (χ1v) is 5.64. The number of aliphatic hydroxyl groups is 1. The predicted molar refractivity (Wildman–Crippen MR) is 67.9 cm³/mol. The Hall–Kier alpha value is -2.01. The largest absolute Gasteiger partial charge is 0.493 e. The Kier molecular flexibility index (Phi) is 3.84. The van der Waals surface area contributed by atoms with Crippen LogP contribution in [0.1, 0.15) is 0 Å². The van der Waals surface area contributed by atoms with Crippen molar-refractivity contribution in [2.24, 2.45) is 0 Å². The predicted octanol–water partition coefficient (Wildman–Crippen LogP) is 1.56. The second-order valence-corrected chi connectivity index (χ2v) is 3.76.